The van der Waals surface area contributed by atoms with Crippen LogP contribution >= 0.6 is 0 Å². The topological polar surface area (TPSA) is 103 Å². The highest BCUT2D eigenvalue weighted by Gasteiger charge is 2.20. The Balaban J connectivity index is 3.38. The summed E-state index contributed by atoms with van der Waals surface area (Å²) in [5.74, 6) is -1.77. The van der Waals surface area contributed by atoms with Gasteiger partial charge in [-0.2, -0.15) is 4.39 Å². The Morgan fingerprint density at radius 2 is 2.07 bits per heavy atom. The molecule has 0 bridgehead atoms. The minimum atomic E-state index is -3.76. The van der Waals surface area contributed by atoms with Crippen molar-refractivity contribution in [3.05, 3.63) is 34.1 Å². The van der Waals surface area contributed by atoms with Crippen molar-refractivity contribution in [1.82, 2.24) is 0 Å². The highest BCUT2D eigenvalue weighted by Crippen LogP contribution is 2.21. The molecule has 0 aliphatic heterocycles. The zero-order valence-electron chi connectivity index (χ0n) is 7.38. The van der Waals surface area contributed by atoms with Gasteiger partial charge in [-0.05, 0) is 12.1 Å². The van der Waals surface area contributed by atoms with Crippen LogP contribution in [0.15, 0.2) is 23.1 Å². The van der Waals surface area contributed by atoms with Gasteiger partial charge in [-0.15, -0.1) is 0 Å². The molecule has 82 valence electrons. The van der Waals surface area contributed by atoms with Crippen molar-refractivity contribution in [2.24, 2.45) is 5.73 Å². The molecule has 1 rings (SSSR count). The number of hydrogen-bond donors (Lipinski definition) is 1. The highest BCUT2D eigenvalue weighted by molar-refractivity contribution is 7.91. The zero-order chi connectivity index (χ0) is 11.6. The van der Waals surface area contributed by atoms with E-state index in [1.807, 2.05) is 0 Å². The average molecular weight is 234 g/mol. The molecule has 0 atom stereocenters. The molecule has 0 heterocycles. The first kappa shape index (κ1) is 11.5. The monoisotopic (exact) mass is 234 g/mol. The lowest BCUT2D eigenvalue weighted by Crippen LogP contribution is -2.14. The SMILES string of the molecule is NCS(=O)(=O)c1ccc(F)c([N+](=O)[O-])c1. The molecular weight excluding hydrogens is 227 g/mol. The van der Waals surface area contributed by atoms with Crippen LogP contribution in [0, 0.1) is 15.9 Å². The Kier molecular flexibility index (Phi) is 3.01. The van der Waals surface area contributed by atoms with Crippen LogP contribution in [0.4, 0.5) is 10.1 Å². The number of rotatable bonds is 3. The van der Waals surface area contributed by atoms with Gasteiger partial charge < -0.3 is 5.73 Å². The number of benzene rings is 1. The molecule has 0 unspecified atom stereocenters. The van der Waals surface area contributed by atoms with E-state index in [0.29, 0.717) is 6.07 Å². The van der Waals surface area contributed by atoms with E-state index >= 15 is 0 Å². The van der Waals surface area contributed by atoms with Gasteiger partial charge in [0.05, 0.1) is 9.82 Å². The summed E-state index contributed by atoms with van der Waals surface area (Å²) < 4.78 is 35.3. The van der Waals surface area contributed by atoms with Crippen LogP contribution < -0.4 is 5.73 Å². The number of nitro benzene ring substituents is 1. The number of halogens is 1. The van der Waals surface area contributed by atoms with E-state index in [1.165, 1.54) is 0 Å². The first-order chi connectivity index (χ1) is 6.88. The molecule has 0 aliphatic rings. The summed E-state index contributed by atoms with van der Waals surface area (Å²) in [6.45, 7) is 0. The predicted octanol–water partition coefficient (Wildman–Crippen LogP) is 0.424. The second kappa shape index (κ2) is 3.91. The van der Waals surface area contributed by atoms with E-state index in [4.69, 9.17) is 5.73 Å². The van der Waals surface area contributed by atoms with Gasteiger partial charge in [0.1, 0.15) is 5.88 Å². The highest BCUT2D eigenvalue weighted by atomic mass is 32.2. The summed E-state index contributed by atoms with van der Waals surface area (Å²) in [6.07, 6.45) is 0. The van der Waals surface area contributed by atoms with Crippen molar-refractivity contribution >= 4 is 15.5 Å². The van der Waals surface area contributed by atoms with Crippen LogP contribution in [-0.2, 0) is 9.84 Å². The zero-order valence-corrected chi connectivity index (χ0v) is 8.20. The van der Waals surface area contributed by atoms with Crippen LogP contribution in [0.1, 0.15) is 0 Å². The second-order valence-corrected chi connectivity index (χ2v) is 4.69. The van der Waals surface area contributed by atoms with Crippen molar-refractivity contribution in [3.63, 3.8) is 0 Å². The summed E-state index contributed by atoms with van der Waals surface area (Å²) in [5, 5.41) is 10.3. The van der Waals surface area contributed by atoms with Gasteiger partial charge in [-0.25, -0.2) is 8.42 Å². The standard InChI is InChI=1S/C7H7FN2O4S/c8-6-2-1-5(15(13,14)4-9)3-7(6)10(11)12/h1-3H,4,9H2. The van der Waals surface area contributed by atoms with Crippen molar-refractivity contribution in [2.75, 3.05) is 5.88 Å². The van der Waals surface area contributed by atoms with Crippen LogP contribution in [0.25, 0.3) is 0 Å². The van der Waals surface area contributed by atoms with Crippen LogP contribution in [-0.4, -0.2) is 19.2 Å². The Hall–Kier alpha value is -1.54. The number of nitrogens with two attached hydrogens (primary N) is 1. The molecule has 1 aromatic rings. The lowest BCUT2D eigenvalue weighted by Gasteiger charge is -2.01. The van der Waals surface area contributed by atoms with Gasteiger partial charge in [0, 0.05) is 6.07 Å². The quantitative estimate of drug-likeness (QED) is 0.464. The Morgan fingerprint density at radius 1 is 1.47 bits per heavy atom. The summed E-state index contributed by atoms with van der Waals surface area (Å²) in [5.41, 5.74) is 4.07. The van der Waals surface area contributed by atoms with E-state index in [1.54, 1.807) is 0 Å². The van der Waals surface area contributed by atoms with E-state index in [0.717, 1.165) is 12.1 Å². The lowest BCUT2D eigenvalue weighted by molar-refractivity contribution is -0.387. The molecule has 0 radical (unpaired) electrons. The molecule has 1 aromatic carbocycles. The molecule has 0 aliphatic carbocycles. The molecule has 0 fully saturated rings. The van der Waals surface area contributed by atoms with Gasteiger partial charge in [-0.3, -0.25) is 10.1 Å². The number of hydrogen-bond acceptors (Lipinski definition) is 5. The average Bonchev–Trinajstić information content (AvgIpc) is 2.17. The second-order valence-electron chi connectivity index (χ2n) is 2.65. The molecule has 2 N–H and O–H groups in total. The maximum Gasteiger partial charge on any atom is 0.306 e. The Bertz CT molecular complexity index is 500. The summed E-state index contributed by atoms with van der Waals surface area (Å²) in [6, 6.07) is 2.31. The van der Waals surface area contributed by atoms with E-state index in [9.17, 15) is 22.9 Å². The Labute approximate surface area is 84.6 Å². The molecule has 15 heavy (non-hydrogen) atoms. The Morgan fingerprint density at radius 3 is 2.53 bits per heavy atom. The number of nitro groups is 1. The van der Waals surface area contributed by atoms with Gasteiger partial charge in [-0.1, -0.05) is 0 Å². The van der Waals surface area contributed by atoms with E-state index in [2.05, 4.69) is 0 Å². The maximum absolute atomic E-state index is 12.8. The van der Waals surface area contributed by atoms with Gasteiger partial charge >= 0.3 is 5.69 Å². The fourth-order valence-corrected chi connectivity index (χ4v) is 1.68. The normalized spacial score (nSPS) is 11.3. The molecule has 0 aromatic heterocycles. The third kappa shape index (κ3) is 2.28. The summed E-state index contributed by atoms with van der Waals surface area (Å²) in [7, 11) is -3.76. The van der Waals surface area contributed by atoms with Crippen molar-refractivity contribution in [3.8, 4) is 0 Å². The summed E-state index contributed by atoms with van der Waals surface area (Å²) >= 11 is 0. The molecule has 0 saturated heterocycles. The van der Waals surface area contributed by atoms with Crippen LogP contribution in [0.5, 0.6) is 0 Å². The van der Waals surface area contributed by atoms with E-state index < -0.39 is 32.1 Å². The largest absolute Gasteiger partial charge is 0.317 e. The first-order valence-corrected chi connectivity index (χ1v) is 5.40. The third-order valence-corrected chi connectivity index (χ3v) is 3.10. The van der Waals surface area contributed by atoms with Crippen molar-refractivity contribution in [2.45, 2.75) is 4.90 Å². The van der Waals surface area contributed by atoms with Crippen LogP contribution in [0.2, 0.25) is 0 Å². The fourth-order valence-electron chi connectivity index (χ4n) is 0.922. The molecule has 8 heteroatoms. The fraction of sp³-hybridized carbons (Fsp3) is 0.143. The molecule has 0 spiro atoms. The predicted molar refractivity (Wildman–Crippen MR) is 49.3 cm³/mol. The molecule has 0 amide bonds. The third-order valence-electron chi connectivity index (χ3n) is 1.69. The lowest BCUT2D eigenvalue weighted by atomic mass is 10.3. The molecule has 6 nitrogen and oxygen atoms in total. The molecule has 0 saturated carbocycles. The maximum atomic E-state index is 12.8. The minimum absolute atomic E-state index is 0.363. The van der Waals surface area contributed by atoms with Gasteiger partial charge in [0.25, 0.3) is 0 Å². The number of nitrogens with zero attached hydrogens (tertiary/aromatic N) is 1. The van der Waals surface area contributed by atoms with Crippen molar-refractivity contribution < 1.29 is 17.7 Å². The minimum Gasteiger partial charge on any atom is -0.317 e. The first-order valence-electron chi connectivity index (χ1n) is 3.75. The number of sulfone groups is 1. The van der Waals surface area contributed by atoms with Crippen molar-refractivity contribution in [1.29, 1.82) is 0 Å². The van der Waals surface area contributed by atoms with Crippen LogP contribution in [0.3, 0.4) is 0 Å². The van der Waals surface area contributed by atoms with Gasteiger partial charge in [0.15, 0.2) is 9.84 Å². The summed E-state index contributed by atoms with van der Waals surface area (Å²) in [4.78, 5) is 8.97. The van der Waals surface area contributed by atoms with Gasteiger partial charge in [0.2, 0.25) is 5.82 Å². The molecular formula is C7H7FN2O4S. The smallest absolute Gasteiger partial charge is 0.306 e. The van der Waals surface area contributed by atoms with E-state index in [-0.39, 0.29) is 4.90 Å².